The van der Waals surface area contributed by atoms with Crippen molar-refractivity contribution in [1.82, 2.24) is 0 Å². The van der Waals surface area contributed by atoms with Crippen LogP contribution >= 0.6 is 23.2 Å². The zero-order valence-electron chi connectivity index (χ0n) is 10.7. The van der Waals surface area contributed by atoms with E-state index in [0.29, 0.717) is 10.0 Å². The topological polar surface area (TPSA) is 26.0 Å². The quantitative estimate of drug-likeness (QED) is 0.528. The van der Waals surface area contributed by atoms with Crippen LogP contribution in [0.3, 0.4) is 0 Å². The molecule has 0 saturated carbocycles. The molecule has 1 nitrogen and oxygen atoms in total. The second kappa shape index (κ2) is 8.58. The lowest BCUT2D eigenvalue weighted by Crippen LogP contribution is -2.23. The summed E-state index contributed by atoms with van der Waals surface area (Å²) in [6.45, 7) is 3.71. The smallest absolute Gasteiger partial charge is 0.0453 e. The Morgan fingerprint density at radius 1 is 1.17 bits per heavy atom. The molecule has 0 spiro atoms. The SMILES string of the molecule is C=CCCCCCC(N)Cc1c(Cl)cccc1Cl. The van der Waals surface area contributed by atoms with Gasteiger partial charge in [0.15, 0.2) is 0 Å². The van der Waals surface area contributed by atoms with Crippen LogP contribution in [0, 0.1) is 0 Å². The second-order valence-corrected chi connectivity index (χ2v) is 5.41. The summed E-state index contributed by atoms with van der Waals surface area (Å²) >= 11 is 12.3. The number of halogens is 2. The first kappa shape index (κ1) is 15.6. The van der Waals surface area contributed by atoms with Gasteiger partial charge in [0.05, 0.1) is 0 Å². The molecule has 1 atom stereocenters. The molecule has 1 rings (SSSR count). The molecule has 2 N–H and O–H groups in total. The summed E-state index contributed by atoms with van der Waals surface area (Å²) < 4.78 is 0. The van der Waals surface area contributed by atoms with Gasteiger partial charge in [-0.25, -0.2) is 0 Å². The fourth-order valence-electron chi connectivity index (χ4n) is 1.96. The van der Waals surface area contributed by atoms with Crippen LogP contribution in [-0.4, -0.2) is 6.04 Å². The number of allylic oxidation sites excluding steroid dienone is 1. The summed E-state index contributed by atoms with van der Waals surface area (Å²) in [5, 5.41) is 1.43. The van der Waals surface area contributed by atoms with E-state index < -0.39 is 0 Å². The van der Waals surface area contributed by atoms with Crippen LogP contribution in [0.15, 0.2) is 30.9 Å². The fraction of sp³-hybridized carbons (Fsp3) is 0.467. The summed E-state index contributed by atoms with van der Waals surface area (Å²) in [6.07, 6.45) is 8.36. The predicted octanol–water partition coefficient (Wildman–Crippen LogP) is 5.00. The Morgan fingerprint density at radius 2 is 1.83 bits per heavy atom. The highest BCUT2D eigenvalue weighted by Gasteiger charge is 2.10. The van der Waals surface area contributed by atoms with E-state index in [1.165, 1.54) is 12.8 Å². The van der Waals surface area contributed by atoms with Crippen molar-refractivity contribution in [1.29, 1.82) is 0 Å². The van der Waals surface area contributed by atoms with Crippen LogP contribution in [0.4, 0.5) is 0 Å². The summed E-state index contributed by atoms with van der Waals surface area (Å²) in [6, 6.07) is 5.71. The van der Waals surface area contributed by atoms with Gasteiger partial charge in [-0.15, -0.1) is 6.58 Å². The summed E-state index contributed by atoms with van der Waals surface area (Å²) in [5.74, 6) is 0. The molecule has 0 aliphatic heterocycles. The van der Waals surface area contributed by atoms with Gasteiger partial charge in [0.25, 0.3) is 0 Å². The Bertz CT molecular complexity index is 357. The lowest BCUT2D eigenvalue weighted by molar-refractivity contribution is 0.551. The number of hydrogen-bond acceptors (Lipinski definition) is 1. The Balaban J connectivity index is 2.35. The monoisotopic (exact) mass is 285 g/mol. The fourth-order valence-corrected chi connectivity index (χ4v) is 2.52. The Hall–Kier alpha value is -0.500. The van der Waals surface area contributed by atoms with E-state index in [9.17, 15) is 0 Å². The molecule has 100 valence electrons. The van der Waals surface area contributed by atoms with Crippen molar-refractivity contribution in [2.75, 3.05) is 0 Å². The molecule has 0 aliphatic rings. The summed E-state index contributed by atoms with van der Waals surface area (Å²) in [4.78, 5) is 0. The molecule has 0 aliphatic carbocycles. The van der Waals surface area contributed by atoms with Crippen LogP contribution in [0.2, 0.25) is 10.0 Å². The molecule has 1 aromatic carbocycles. The van der Waals surface area contributed by atoms with Crippen LogP contribution in [-0.2, 0) is 6.42 Å². The first-order valence-electron chi connectivity index (χ1n) is 6.44. The van der Waals surface area contributed by atoms with Gasteiger partial charge in [-0.3, -0.25) is 0 Å². The first-order valence-corrected chi connectivity index (χ1v) is 7.20. The predicted molar refractivity (Wildman–Crippen MR) is 81.4 cm³/mol. The second-order valence-electron chi connectivity index (χ2n) is 4.59. The molecular weight excluding hydrogens is 265 g/mol. The highest BCUT2D eigenvalue weighted by Crippen LogP contribution is 2.25. The molecule has 18 heavy (non-hydrogen) atoms. The number of unbranched alkanes of at least 4 members (excludes halogenated alkanes) is 3. The zero-order valence-corrected chi connectivity index (χ0v) is 12.2. The number of benzene rings is 1. The van der Waals surface area contributed by atoms with Gasteiger partial charge in [-0.1, -0.05) is 48.2 Å². The number of rotatable bonds is 8. The van der Waals surface area contributed by atoms with Crippen LogP contribution in [0.25, 0.3) is 0 Å². The van der Waals surface area contributed by atoms with E-state index in [0.717, 1.165) is 31.2 Å². The first-order chi connectivity index (χ1) is 8.65. The van der Waals surface area contributed by atoms with Crippen molar-refractivity contribution in [3.8, 4) is 0 Å². The summed E-state index contributed by atoms with van der Waals surface area (Å²) in [7, 11) is 0. The van der Waals surface area contributed by atoms with E-state index in [1.807, 2.05) is 24.3 Å². The van der Waals surface area contributed by atoms with Gasteiger partial charge < -0.3 is 5.73 Å². The normalized spacial score (nSPS) is 12.4. The summed E-state index contributed by atoms with van der Waals surface area (Å²) in [5.41, 5.74) is 7.09. The van der Waals surface area contributed by atoms with Crippen molar-refractivity contribution < 1.29 is 0 Å². The standard InChI is InChI=1S/C15H21Cl2N/c1-2-3-4-5-6-8-12(18)11-13-14(16)9-7-10-15(13)17/h2,7,9-10,12H,1,3-6,8,11,18H2. The van der Waals surface area contributed by atoms with Crippen molar-refractivity contribution >= 4 is 23.2 Å². The van der Waals surface area contributed by atoms with Gasteiger partial charge in [0, 0.05) is 16.1 Å². The molecule has 1 unspecified atom stereocenters. The van der Waals surface area contributed by atoms with Gasteiger partial charge in [-0.2, -0.15) is 0 Å². The lowest BCUT2D eigenvalue weighted by Gasteiger charge is -2.13. The average molecular weight is 286 g/mol. The van der Waals surface area contributed by atoms with E-state index in [4.69, 9.17) is 28.9 Å². The van der Waals surface area contributed by atoms with E-state index >= 15 is 0 Å². The molecule has 0 heterocycles. The van der Waals surface area contributed by atoms with Gasteiger partial charge in [-0.05, 0) is 43.4 Å². The Kier molecular flexibility index (Phi) is 7.41. The van der Waals surface area contributed by atoms with E-state index in [2.05, 4.69) is 6.58 Å². The average Bonchev–Trinajstić information content (AvgIpc) is 2.34. The van der Waals surface area contributed by atoms with Crippen LogP contribution < -0.4 is 5.73 Å². The van der Waals surface area contributed by atoms with Crippen molar-refractivity contribution in [3.05, 3.63) is 46.5 Å². The third-order valence-electron chi connectivity index (χ3n) is 3.01. The Labute approximate surface area is 120 Å². The largest absolute Gasteiger partial charge is 0.327 e. The Morgan fingerprint density at radius 3 is 2.44 bits per heavy atom. The maximum Gasteiger partial charge on any atom is 0.0453 e. The maximum atomic E-state index is 6.13. The molecule has 0 amide bonds. The zero-order chi connectivity index (χ0) is 13.4. The third kappa shape index (κ3) is 5.43. The van der Waals surface area contributed by atoms with Crippen molar-refractivity contribution in [2.45, 2.75) is 44.6 Å². The minimum absolute atomic E-state index is 0.131. The van der Waals surface area contributed by atoms with Crippen LogP contribution in [0.1, 0.15) is 37.7 Å². The minimum Gasteiger partial charge on any atom is -0.327 e. The molecule has 0 aromatic heterocycles. The van der Waals surface area contributed by atoms with Crippen molar-refractivity contribution in [3.63, 3.8) is 0 Å². The number of nitrogens with two attached hydrogens (primary N) is 1. The molecular formula is C15H21Cl2N. The highest BCUT2D eigenvalue weighted by atomic mass is 35.5. The molecule has 1 aromatic rings. The highest BCUT2D eigenvalue weighted by molar-refractivity contribution is 6.35. The molecule has 0 radical (unpaired) electrons. The lowest BCUT2D eigenvalue weighted by atomic mass is 10.0. The molecule has 0 saturated heterocycles. The minimum atomic E-state index is 0.131. The van der Waals surface area contributed by atoms with Crippen LogP contribution in [0.5, 0.6) is 0 Å². The number of hydrogen-bond donors (Lipinski definition) is 1. The molecule has 0 fully saturated rings. The van der Waals surface area contributed by atoms with Crippen molar-refractivity contribution in [2.24, 2.45) is 5.73 Å². The van der Waals surface area contributed by atoms with E-state index in [1.54, 1.807) is 0 Å². The molecule has 3 heteroatoms. The van der Waals surface area contributed by atoms with Gasteiger partial charge >= 0.3 is 0 Å². The van der Waals surface area contributed by atoms with Gasteiger partial charge in [0.1, 0.15) is 0 Å². The third-order valence-corrected chi connectivity index (χ3v) is 3.72. The molecule has 0 bridgehead atoms. The maximum absolute atomic E-state index is 6.13. The van der Waals surface area contributed by atoms with Gasteiger partial charge in [0.2, 0.25) is 0 Å². The van der Waals surface area contributed by atoms with E-state index in [-0.39, 0.29) is 6.04 Å².